The Morgan fingerprint density at radius 1 is 1.19 bits per heavy atom. The van der Waals surface area contributed by atoms with E-state index >= 15 is 0 Å². The second-order valence-electron chi connectivity index (χ2n) is 8.02. The van der Waals surface area contributed by atoms with Crippen molar-refractivity contribution in [3.63, 3.8) is 0 Å². The van der Waals surface area contributed by atoms with Gasteiger partial charge < -0.3 is 15.0 Å². The van der Waals surface area contributed by atoms with Gasteiger partial charge in [0.05, 0.1) is 24.7 Å². The van der Waals surface area contributed by atoms with Gasteiger partial charge in [0.25, 0.3) is 5.56 Å². The van der Waals surface area contributed by atoms with Crippen molar-refractivity contribution < 1.29 is 14.3 Å². The smallest absolute Gasteiger partial charge is 0.350 e. The van der Waals surface area contributed by atoms with Gasteiger partial charge in [-0.25, -0.2) is 14.8 Å². The van der Waals surface area contributed by atoms with Gasteiger partial charge in [0.15, 0.2) is 5.13 Å². The van der Waals surface area contributed by atoms with Crippen molar-refractivity contribution in [3.8, 4) is 0 Å². The fourth-order valence-corrected chi connectivity index (χ4v) is 6.05. The number of hydrogen-bond acceptors (Lipinski definition) is 9. The van der Waals surface area contributed by atoms with Gasteiger partial charge in [-0.05, 0) is 52.3 Å². The fourth-order valence-electron chi connectivity index (χ4n) is 3.88. The second-order valence-corrected chi connectivity index (χ2v) is 10.1. The Morgan fingerprint density at radius 2 is 1.94 bits per heavy atom. The first-order valence-corrected chi connectivity index (χ1v) is 12.0. The first-order valence-electron chi connectivity index (χ1n) is 10.3. The van der Waals surface area contributed by atoms with Crippen molar-refractivity contribution in [3.05, 3.63) is 37.2 Å². The highest BCUT2D eigenvalue weighted by molar-refractivity contribution is 7.19. The zero-order valence-electron chi connectivity index (χ0n) is 18.5. The van der Waals surface area contributed by atoms with Crippen LogP contribution in [-0.4, -0.2) is 52.5 Å². The lowest BCUT2D eigenvalue weighted by molar-refractivity contribution is -0.116. The third-order valence-electron chi connectivity index (χ3n) is 5.33. The molecule has 0 fully saturated rings. The molecule has 0 saturated heterocycles. The van der Waals surface area contributed by atoms with Crippen LogP contribution in [0, 0.1) is 6.92 Å². The summed E-state index contributed by atoms with van der Waals surface area (Å²) in [5, 5.41) is 3.64. The van der Waals surface area contributed by atoms with Gasteiger partial charge in [0.2, 0.25) is 5.91 Å². The summed E-state index contributed by atoms with van der Waals surface area (Å²) in [6.45, 7) is 1.93. The number of carbonyl (C=O) groups excluding carboxylic acids is 2. The SMILES string of the molecule is COC(=O)c1sc(NC(=O)Cn2c(CN(C)C)nc3sc4c(c3c2=O)CCCC4)nc1C. The van der Waals surface area contributed by atoms with Crippen molar-refractivity contribution in [2.75, 3.05) is 26.5 Å². The molecule has 170 valence electrons. The van der Waals surface area contributed by atoms with Crippen LogP contribution in [0.5, 0.6) is 0 Å². The monoisotopic (exact) mass is 475 g/mol. The van der Waals surface area contributed by atoms with Crippen LogP contribution in [-0.2, 0) is 35.5 Å². The number of thiazole rings is 1. The van der Waals surface area contributed by atoms with Crippen LogP contribution in [0.15, 0.2) is 4.79 Å². The number of anilines is 1. The topological polar surface area (TPSA) is 106 Å². The Balaban J connectivity index is 1.68. The normalized spacial score (nSPS) is 13.4. The Bertz CT molecular complexity index is 1260. The van der Waals surface area contributed by atoms with E-state index in [1.54, 1.807) is 18.3 Å². The predicted octanol–water partition coefficient (Wildman–Crippen LogP) is 2.59. The summed E-state index contributed by atoms with van der Waals surface area (Å²) in [4.78, 5) is 51.4. The molecule has 0 bridgehead atoms. The highest BCUT2D eigenvalue weighted by atomic mass is 32.1. The number of amides is 1. The van der Waals surface area contributed by atoms with Crippen LogP contribution in [0.1, 0.15) is 44.5 Å². The first-order chi connectivity index (χ1) is 15.3. The molecule has 1 N–H and O–H groups in total. The average Bonchev–Trinajstić information content (AvgIpc) is 3.29. The van der Waals surface area contributed by atoms with Gasteiger partial charge >= 0.3 is 5.97 Å². The number of aryl methyl sites for hydroxylation is 3. The highest BCUT2D eigenvalue weighted by Crippen LogP contribution is 2.34. The standard InChI is InChI=1S/C21H25N5O4S2/c1-11-17(20(29)30-4)32-21(22-11)24-15(27)10-26-14(9-25(2)3)23-18-16(19(26)28)12-7-5-6-8-13(12)31-18/h5-10H2,1-4H3,(H,22,24,27). The molecule has 1 aliphatic rings. The zero-order chi connectivity index (χ0) is 23.0. The van der Waals surface area contributed by atoms with Gasteiger partial charge in [-0.1, -0.05) is 11.3 Å². The summed E-state index contributed by atoms with van der Waals surface area (Å²) in [7, 11) is 5.09. The minimum atomic E-state index is -0.498. The number of methoxy groups -OCH3 is 1. The number of nitrogens with one attached hydrogen (secondary N) is 1. The maximum atomic E-state index is 13.5. The molecule has 0 radical (unpaired) electrons. The molecule has 1 aliphatic carbocycles. The molecule has 3 aromatic rings. The molecule has 32 heavy (non-hydrogen) atoms. The van der Waals surface area contributed by atoms with Crippen molar-refractivity contribution >= 4 is 49.9 Å². The van der Waals surface area contributed by atoms with Crippen LogP contribution >= 0.6 is 22.7 Å². The predicted molar refractivity (Wildman–Crippen MR) is 125 cm³/mol. The third kappa shape index (κ3) is 4.32. The number of fused-ring (bicyclic) bond motifs is 3. The van der Waals surface area contributed by atoms with E-state index in [4.69, 9.17) is 9.72 Å². The van der Waals surface area contributed by atoms with Crippen LogP contribution in [0.2, 0.25) is 0 Å². The molecule has 0 aliphatic heterocycles. The van der Waals surface area contributed by atoms with Crippen molar-refractivity contribution in [1.82, 2.24) is 19.4 Å². The summed E-state index contributed by atoms with van der Waals surface area (Å²) in [6.07, 6.45) is 4.04. The number of nitrogens with zero attached hydrogens (tertiary/aromatic N) is 4. The Hall–Kier alpha value is -2.63. The number of rotatable bonds is 6. The van der Waals surface area contributed by atoms with Crippen LogP contribution in [0.4, 0.5) is 5.13 Å². The van der Waals surface area contributed by atoms with E-state index < -0.39 is 11.9 Å². The molecule has 0 aromatic carbocycles. The van der Waals surface area contributed by atoms with E-state index in [9.17, 15) is 14.4 Å². The number of hydrogen-bond donors (Lipinski definition) is 1. The van der Waals surface area contributed by atoms with Gasteiger partial charge in [-0.15, -0.1) is 11.3 Å². The van der Waals surface area contributed by atoms with E-state index in [1.807, 2.05) is 19.0 Å². The van der Waals surface area contributed by atoms with Crippen molar-refractivity contribution in [1.29, 1.82) is 0 Å². The number of esters is 1. The maximum Gasteiger partial charge on any atom is 0.350 e. The van der Waals surface area contributed by atoms with Crippen LogP contribution in [0.3, 0.4) is 0 Å². The Labute approximate surface area is 193 Å². The second kappa shape index (κ2) is 9.08. The molecule has 3 aromatic heterocycles. The summed E-state index contributed by atoms with van der Waals surface area (Å²) in [5.74, 6) is -0.351. The molecule has 0 spiro atoms. The lowest BCUT2D eigenvalue weighted by atomic mass is 9.97. The van der Waals surface area contributed by atoms with Gasteiger partial charge in [-0.3, -0.25) is 14.2 Å². The third-order valence-corrected chi connectivity index (χ3v) is 7.57. The first kappa shape index (κ1) is 22.6. The molecule has 0 unspecified atom stereocenters. The van der Waals surface area contributed by atoms with Crippen molar-refractivity contribution in [2.45, 2.75) is 45.7 Å². The highest BCUT2D eigenvalue weighted by Gasteiger charge is 2.24. The molecule has 9 nitrogen and oxygen atoms in total. The number of carbonyl (C=O) groups is 2. The van der Waals surface area contributed by atoms with Gasteiger partial charge in [-0.2, -0.15) is 0 Å². The minimum Gasteiger partial charge on any atom is -0.465 e. The maximum absolute atomic E-state index is 13.5. The molecular weight excluding hydrogens is 450 g/mol. The van der Waals surface area contributed by atoms with E-state index in [0.717, 1.165) is 47.4 Å². The van der Waals surface area contributed by atoms with E-state index in [-0.39, 0.29) is 17.2 Å². The minimum absolute atomic E-state index is 0.174. The number of ether oxygens (including phenoxy) is 1. The fraction of sp³-hybridized carbons (Fsp3) is 0.476. The van der Waals surface area contributed by atoms with Gasteiger partial charge in [0, 0.05) is 4.88 Å². The molecule has 0 saturated carbocycles. The van der Waals surface area contributed by atoms with E-state index in [1.165, 1.54) is 16.6 Å². The lowest BCUT2D eigenvalue weighted by Crippen LogP contribution is -2.33. The quantitative estimate of drug-likeness (QED) is 0.546. The van der Waals surface area contributed by atoms with Crippen LogP contribution in [0.25, 0.3) is 10.2 Å². The van der Waals surface area contributed by atoms with E-state index in [2.05, 4.69) is 10.3 Å². The van der Waals surface area contributed by atoms with Crippen LogP contribution < -0.4 is 10.9 Å². The molecule has 11 heteroatoms. The van der Waals surface area contributed by atoms with Crippen molar-refractivity contribution in [2.24, 2.45) is 0 Å². The summed E-state index contributed by atoms with van der Waals surface area (Å²) in [6, 6.07) is 0. The molecule has 1 amide bonds. The molecular formula is C21H25N5O4S2. The molecule has 0 atom stereocenters. The summed E-state index contributed by atoms with van der Waals surface area (Å²) >= 11 is 2.64. The van der Waals surface area contributed by atoms with Gasteiger partial charge in [0.1, 0.15) is 22.1 Å². The lowest BCUT2D eigenvalue weighted by Gasteiger charge is -2.16. The Kier molecular flexibility index (Phi) is 6.40. The molecule has 4 rings (SSSR count). The number of thiophene rings is 1. The van der Waals surface area contributed by atoms with E-state index in [0.29, 0.717) is 28.3 Å². The largest absolute Gasteiger partial charge is 0.465 e. The summed E-state index contributed by atoms with van der Waals surface area (Å²) < 4.78 is 6.20. The Morgan fingerprint density at radius 3 is 2.66 bits per heavy atom. The average molecular weight is 476 g/mol. The number of aromatic nitrogens is 3. The molecule has 3 heterocycles. The summed E-state index contributed by atoms with van der Waals surface area (Å²) in [5.41, 5.74) is 1.40. The zero-order valence-corrected chi connectivity index (χ0v) is 20.1.